The molecule has 0 aliphatic carbocycles. The fraction of sp³-hybridized carbons (Fsp3) is 0.273. The van der Waals surface area contributed by atoms with Crippen LogP contribution < -0.4 is 5.73 Å². The van der Waals surface area contributed by atoms with Crippen LogP contribution in [0.5, 0.6) is 0 Å². The Bertz CT molecular complexity index is 892. The van der Waals surface area contributed by atoms with E-state index in [0.717, 1.165) is 23.4 Å². The van der Waals surface area contributed by atoms with Gasteiger partial charge in [-0.2, -0.15) is 0 Å². The fourth-order valence-electron chi connectivity index (χ4n) is 3.02. The maximum absolute atomic E-state index is 14.3. The average molecular weight is 354 g/mol. The summed E-state index contributed by atoms with van der Waals surface area (Å²) in [5.41, 5.74) is 9.24. The number of rotatable bonds is 4. The second kappa shape index (κ2) is 7.04. The number of halogens is 2. The third-order valence-electron chi connectivity index (χ3n) is 4.62. The molecule has 0 spiro atoms. The lowest BCUT2D eigenvalue weighted by atomic mass is 9.85. The third-order valence-corrected chi connectivity index (χ3v) is 4.62. The van der Waals surface area contributed by atoms with E-state index in [9.17, 15) is 8.78 Å². The molecule has 0 unspecified atom stereocenters. The summed E-state index contributed by atoms with van der Waals surface area (Å²) in [5.74, 6) is -0.905. The molecule has 4 heteroatoms. The molecule has 0 bridgehead atoms. The van der Waals surface area contributed by atoms with Gasteiger partial charge in [0.25, 0.3) is 0 Å². The Kier molecular flexibility index (Phi) is 4.97. The minimum atomic E-state index is -0.459. The predicted octanol–water partition coefficient (Wildman–Crippen LogP) is 5.53. The maximum atomic E-state index is 14.3. The highest BCUT2D eigenvalue weighted by molar-refractivity contribution is 5.65. The molecule has 0 fully saturated rings. The van der Waals surface area contributed by atoms with E-state index in [2.05, 4.69) is 20.8 Å². The highest BCUT2D eigenvalue weighted by Crippen LogP contribution is 2.35. The number of benzene rings is 2. The van der Waals surface area contributed by atoms with Gasteiger partial charge in [0.05, 0.1) is 0 Å². The van der Waals surface area contributed by atoms with Crippen LogP contribution in [0.2, 0.25) is 0 Å². The Hall–Kier alpha value is -2.46. The lowest BCUT2D eigenvalue weighted by Crippen LogP contribution is -2.28. The minimum Gasteiger partial charge on any atom is -0.345 e. The second-order valence-corrected chi connectivity index (χ2v) is 7.74. The molecule has 2 N–H and O–H groups in total. The van der Waals surface area contributed by atoms with Crippen molar-refractivity contribution in [3.05, 3.63) is 83.7 Å². The predicted molar refractivity (Wildman–Crippen MR) is 102 cm³/mol. The van der Waals surface area contributed by atoms with Crippen LogP contribution in [-0.4, -0.2) is 4.57 Å². The third kappa shape index (κ3) is 3.86. The molecule has 0 saturated heterocycles. The topological polar surface area (TPSA) is 30.9 Å². The van der Waals surface area contributed by atoms with E-state index in [-0.39, 0.29) is 17.0 Å². The monoisotopic (exact) mass is 354 g/mol. The SMILES string of the molecule is CC(C)(C)[C@@H](N)c1cc(-c2cc(F)ccc2F)cn1Cc1ccccc1. The van der Waals surface area contributed by atoms with Crippen molar-refractivity contribution in [2.75, 3.05) is 0 Å². The van der Waals surface area contributed by atoms with Crippen molar-refractivity contribution in [1.29, 1.82) is 0 Å². The Morgan fingerprint density at radius 2 is 1.69 bits per heavy atom. The van der Waals surface area contributed by atoms with Crippen molar-refractivity contribution in [3.63, 3.8) is 0 Å². The summed E-state index contributed by atoms with van der Waals surface area (Å²) in [5, 5.41) is 0. The molecular weight excluding hydrogens is 330 g/mol. The van der Waals surface area contributed by atoms with Crippen LogP contribution >= 0.6 is 0 Å². The lowest BCUT2D eigenvalue weighted by molar-refractivity contribution is 0.315. The number of nitrogens with zero attached hydrogens (tertiary/aromatic N) is 1. The van der Waals surface area contributed by atoms with Crippen molar-refractivity contribution in [2.24, 2.45) is 11.1 Å². The van der Waals surface area contributed by atoms with Crippen LogP contribution in [0.15, 0.2) is 60.8 Å². The summed E-state index contributed by atoms with van der Waals surface area (Å²) in [4.78, 5) is 0. The van der Waals surface area contributed by atoms with E-state index >= 15 is 0 Å². The zero-order valence-electron chi connectivity index (χ0n) is 15.3. The Morgan fingerprint density at radius 3 is 2.35 bits per heavy atom. The highest BCUT2D eigenvalue weighted by Gasteiger charge is 2.26. The second-order valence-electron chi connectivity index (χ2n) is 7.74. The molecule has 2 aromatic carbocycles. The summed E-state index contributed by atoms with van der Waals surface area (Å²) in [6, 6.07) is 15.1. The summed E-state index contributed by atoms with van der Waals surface area (Å²) in [6.07, 6.45) is 1.85. The number of aromatic nitrogens is 1. The van der Waals surface area contributed by atoms with Gasteiger partial charge in [-0.1, -0.05) is 51.1 Å². The number of nitrogens with two attached hydrogens (primary N) is 1. The van der Waals surface area contributed by atoms with Crippen LogP contribution in [-0.2, 0) is 6.54 Å². The highest BCUT2D eigenvalue weighted by atomic mass is 19.1. The largest absolute Gasteiger partial charge is 0.345 e. The van der Waals surface area contributed by atoms with Crippen LogP contribution in [0, 0.1) is 17.0 Å². The molecule has 0 aliphatic rings. The molecule has 0 aliphatic heterocycles. The van der Waals surface area contributed by atoms with E-state index in [1.807, 2.05) is 47.2 Å². The van der Waals surface area contributed by atoms with E-state index in [0.29, 0.717) is 12.1 Å². The van der Waals surface area contributed by atoms with Crippen LogP contribution in [0.4, 0.5) is 8.78 Å². The molecule has 0 amide bonds. The Balaban J connectivity index is 2.09. The van der Waals surface area contributed by atoms with Gasteiger partial charge in [0.1, 0.15) is 11.6 Å². The average Bonchev–Trinajstić information content (AvgIpc) is 2.99. The first kappa shape index (κ1) is 18.3. The molecule has 136 valence electrons. The summed E-state index contributed by atoms with van der Waals surface area (Å²) in [7, 11) is 0. The van der Waals surface area contributed by atoms with E-state index in [1.54, 1.807) is 0 Å². The van der Waals surface area contributed by atoms with Gasteiger partial charge in [-0.05, 0) is 35.2 Å². The molecule has 2 nitrogen and oxygen atoms in total. The number of hydrogen-bond acceptors (Lipinski definition) is 1. The quantitative estimate of drug-likeness (QED) is 0.656. The molecule has 3 aromatic rings. The molecule has 0 radical (unpaired) electrons. The molecule has 26 heavy (non-hydrogen) atoms. The van der Waals surface area contributed by atoms with Gasteiger partial charge >= 0.3 is 0 Å². The lowest BCUT2D eigenvalue weighted by Gasteiger charge is -2.28. The van der Waals surface area contributed by atoms with Crippen LogP contribution in [0.1, 0.15) is 38.1 Å². The molecule has 1 atom stereocenters. The number of hydrogen-bond donors (Lipinski definition) is 1. The molecular formula is C22H24F2N2. The van der Waals surface area contributed by atoms with Gasteiger partial charge < -0.3 is 10.3 Å². The first-order valence-corrected chi connectivity index (χ1v) is 8.70. The normalized spacial score (nSPS) is 13.0. The Labute approximate surface area is 153 Å². The first-order valence-electron chi connectivity index (χ1n) is 8.70. The van der Waals surface area contributed by atoms with E-state index < -0.39 is 11.6 Å². The smallest absolute Gasteiger partial charge is 0.131 e. The maximum Gasteiger partial charge on any atom is 0.131 e. The zero-order chi connectivity index (χ0) is 18.9. The van der Waals surface area contributed by atoms with Crippen molar-refractivity contribution in [1.82, 2.24) is 4.57 Å². The minimum absolute atomic E-state index is 0.162. The van der Waals surface area contributed by atoms with Crippen molar-refractivity contribution in [2.45, 2.75) is 33.4 Å². The zero-order valence-corrected chi connectivity index (χ0v) is 15.3. The van der Waals surface area contributed by atoms with Gasteiger partial charge in [0.15, 0.2) is 0 Å². The Morgan fingerprint density at radius 1 is 1.00 bits per heavy atom. The first-order chi connectivity index (χ1) is 12.3. The van der Waals surface area contributed by atoms with Gasteiger partial charge in [-0.3, -0.25) is 0 Å². The van der Waals surface area contributed by atoms with Gasteiger partial charge in [-0.15, -0.1) is 0 Å². The fourth-order valence-corrected chi connectivity index (χ4v) is 3.02. The summed E-state index contributed by atoms with van der Waals surface area (Å²) < 4.78 is 29.9. The van der Waals surface area contributed by atoms with Crippen molar-refractivity contribution < 1.29 is 8.78 Å². The molecule has 1 heterocycles. The summed E-state index contributed by atoms with van der Waals surface area (Å²) >= 11 is 0. The summed E-state index contributed by atoms with van der Waals surface area (Å²) in [6.45, 7) is 6.83. The van der Waals surface area contributed by atoms with Crippen molar-refractivity contribution >= 4 is 0 Å². The van der Waals surface area contributed by atoms with Crippen LogP contribution in [0.25, 0.3) is 11.1 Å². The van der Waals surface area contributed by atoms with Gasteiger partial charge in [-0.25, -0.2) is 8.78 Å². The van der Waals surface area contributed by atoms with E-state index in [1.165, 1.54) is 6.07 Å². The van der Waals surface area contributed by atoms with Crippen LogP contribution in [0.3, 0.4) is 0 Å². The molecule has 1 aromatic heterocycles. The van der Waals surface area contributed by atoms with E-state index in [4.69, 9.17) is 5.73 Å². The van der Waals surface area contributed by atoms with Gasteiger partial charge in [0.2, 0.25) is 0 Å². The van der Waals surface area contributed by atoms with Crippen molar-refractivity contribution in [3.8, 4) is 11.1 Å². The van der Waals surface area contributed by atoms with Gasteiger partial charge in [0, 0.05) is 35.6 Å². The molecule has 0 saturated carbocycles. The molecule has 3 rings (SSSR count). The standard InChI is InChI=1S/C22H24F2N2/c1-22(2,3)21(25)20-11-16(18-12-17(23)9-10-19(18)24)14-26(20)13-15-7-5-4-6-8-15/h4-12,14,21H,13,25H2,1-3H3/t21-/m0/s1.